The van der Waals surface area contributed by atoms with Gasteiger partial charge in [0, 0.05) is 5.92 Å². The van der Waals surface area contributed by atoms with Crippen molar-refractivity contribution in [2.75, 3.05) is 0 Å². The molecule has 1 rings (SSSR count). The van der Waals surface area contributed by atoms with Crippen LogP contribution in [0.5, 0.6) is 0 Å². The van der Waals surface area contributed by atoms with Gasteiger partial charge in [-0.1, -0.05) is 13.8 Å². The van der Waals surface area contributed by atoms with Crippen LogP contribution in [-0.4, -0.2) is 11.7 Å². The summed E-state index contributed by atoms with van der Waals surface area (Å²) in [6.45, 7) is 8.82. The molecular weight excluding hydrogens is 124 g/mol. The Balaban J connectivity index is 2.46. The van der Waals surface area contributed by atoms with Crippen LogP contribution in [0.4, 0.5) is 0 Å². The first-order valence-corrected chi connectivity index (χ1v) is 4.29. The van der Waals surface area contributed by atoms with Crippen molar-refractivity contribution in [3.63, 3.8) is 0 Å². The van der Waals surface area contributed by atoms with Crippen molar-refractivity contribution in [1.82, 2.24) is 0 Å². The van der Waals surface area contributed by atoms with Crippen LogP contribution in [0.1, 0.15) is 40.5 Å². The lowest BCUT2D eigenvalue weighted by atomic mass is 9.77. The second-order valence-corrected chi connectivity index (χ2v) is 3.68. The SMILES string of the molecule is CCC1OC(C)(C)C1CC. The van der Waals surface area contributed by atoms with E-state index in [1.54, 1.807) is 0 Å². The Kier molecular flexibility index (Phi) is 2.04. The molecule has 1 heteroatoms. The normalized spacial score (nSPS) is 37.2. The van der Waals surface area contributed by atoms with E-state index in [1.807, 2.05) is 0 Å². The fraction of sp³-hybridized carbons (Fsp3) is 1.00. The molecule has 0 radical (unpaired) electrons. The summed E-state index contributed by atoms with van der Waals surface area (Å²) >= 11 is 0. The summed E-state index contributed by atoms with van der Waals surface area (Å²) < 4.78 is 5.68. The maximum atomic E-state index is 5.68. The summed E-state index contributed by atoms with van der Waals surface area (Å²) in [7, 11) is 0. The van der Waals surface area contributed by atoms with Gasteiger partial charge in [-0.2, -0.15) is 0 Å². The maximum absolute atomic E-state index is 5.68. The number of ether oxygens (including phenoxy) is 1. The van der Waals surface area contributed by atoms with Crippen molar-refractivity contribution in [3.8, 4) is 0 Å². The Morgan fingerprint density at radius 3 is 2.00 bits per heavy atom. The van der Waals surface area contributed by atoms with Crippen molar-refractivity contribution >= 4 is 0 Å². The molecule has 60 valence electrons. The van der Waals surface area contributed by atoms with Crippen molar-refractivity contribution in [1.29, 1.82) is 0 Å². The van der Waals surface area contributed by atoms with E-state index in [9.17, 15) is 0 Å². The van der Waals surface area contributed by atoms with Crippen molar-refractivity contribution < 1.29 is 4.74 Å². The van der Waals surface area contributed by atoms with Gasteiger partial charge in [0.1, 0.15) is 0 Å². The average molecular weight is 142 g/mol. The maximum Gasteiger partial charge on any atom is 0.0683 e. The van der Waals surface area contributed by atoms with Crippen molar-refractivity contribution in [2.24, 2.45) is 5.92 Å². The van der Waals surface area contributed by atoms with Crippen LogP contribution in [0.2, 0.25) is 0 Å². The summed E-state index contributed by atoms with van der Waals surface area (Å²) in [5.41, 5.74) is 0.162. The third kappa shape index (κ3) is 1.07. The predicted molar refractivity (Wildman–Crippen MR) is 43.0 cm³/mol. The molecule has 1 nitrogen and oxygen atoms in total. The van der Waals surface area contributed by atoms with E-state index in [0.717, 1.165) is 5.92 Å². The molecule has 0 N–H and O–H groups in total. The van der Waals surface area contributed by atoms with Crippen LogP contribution < -0.4 is 0 Å². The fourth-order valence-electron chi connectivity index (χ4n) is 2.06. The molecule has 1 fully saturated rings. The highest BCUT2D eigenvalue weighted by molar-refractivity contribution is 4.93. The van der Waals surface area contributed by atoms with Crippen LogP contribution in [0.15, 0.2) is 0 Å². The zero-order valence-corrected chi connectivity index (χ0v) is 7.48. The van der Waals surface area contributed by atoms with Gasteiger partial charge in [-0.3, -0.25) is 0 Å². The largest absolute Gasteiger partial charge is 0.372 e. The second kappa shape index (κ2) is 2.54. The molecule has 0 aromatic carbocycles. The van der Waals surface area contributed by atoms with Crippen LogP contribution in [0.25, 0.3) is 0 Å². The molecular formula is C9H18O. The molecule has 0 amide bonds. The average Bonchev–Trinajstić information content (AvgIpc) is 1.84. The summed E-state index contributed by atoms with van der Waals surface area (Å²) in [6, 6.07) is 0. The van der Waals surface area contributed by atoms with Gasteiger partial charge in [-0.25, -0.2) is 0 Å². The number of hydrogen-bond donors (Lipinski definition) is 0. The minimum atomic E-state index is 0.162. The predicted octanol–water partition coefficient (Wildman–Crippen LogP) is 2.60. The Labute approximate surface area is 63.8 Å². The van der Waals surface area contributed by atoms with E-state index in [1.165, 1.54) is 12.8 Å². The van der Waals surface area contributed by atoms with Gasteiger partial charge in [0.25, 0.3) is 0 Å². The first-order valence-electron chi connectivity index (χ1n) is 4.29. The third-order valence-electron chi connectivity index (χ3n) is 2.64. The van der Waals surface area contributed by atoms with Gasteiger partial charge in [0.05, 0.1) is 11.7 Å². The summed E-state index contributed by atoms with van der Waals surface area (Å²) in [5, 5.41) is 0. The quantitative estimate of drug-likeness (QED) is 0.576. The van der Waals surface area contributed by atoms with Gasteiger partial charge in [0.2, 0.25) is 0 Å². The molecule has 0 aromatic rings. The number of rotatable bonds is 2. The van der Waals surface area contributed by atoms with Gasteiger partial charge < -0.3 is 4.74 Å². The van der Waals surface area contributed by atoms with Crippen LogP contribution in [0.3, 0.4) is 0 Å². The van der Waals surface area contributed by atoms with Gasteiger partial charge in [-0.15, -0.1) is 0 Å². The molecule has 0 aromatic heterocycles. The van der Waals surface area contributed by atoms with Crippen LogP contribution >= 0.6 is 0 Å². The van der Waals surface area contributed by atoms with E-state index in [0.29, 0.717) is 6.10 Å². The van der Waals surface area contributed by atoms with E-state index in [-0.39, 0.29) is 5.60 Å². The summed E-state index contributed by atoms with van der Waals surface area (Å²) in [6.07, 6.45) is 2.97. The standard InChI is InChI=1S/C9H18O/c1-5-7-8(6-2)10-9(7,3)4/h7-8H,5-6H2,1-4H3. The monoisotopic (exact) mass is 142 g/mol. The molecule has 1 saturated heterocycles. The summed E-state index contributed by atoms with van der Waals surface area (Å²) in [4.78, 5) is 0. The highest BCUT2D eigenvalue weighted by Gasteiger charge is 2.46. The van der Waals surface area contributed by atoms with Crippen LogP contribution in [0, 0.1) is 5.92 Å². The molecule has 2 unspecified atom stereocenters. The van der Waals surface area contributed by atoms with E-state index in [4.69, 9.17) is 4.74 Å². The lowest BCUT2D eigenvalue weighted by Crippen LogP contribution is -2.55. The number of hydrogen-bond acceptors (Lipinski definition) is 1. The zero-order valence-electron chi connectivity index (χ0n) is 7.48. The van der Waals surface area contributed by atoms with E-state index < -0.39 is 0 Å². The zero-order chi connectivity index (χ0) is 7.78. The smallest absolute Gasteiger partial charge is 0.0683 e. The molecule has 0 saturated carbocycles. The van der Waals surface area contributed by atoms with Gasteiger partial charge >= 0.3 is 0 Å². The van der Waals surface area contributed by atoms with Crippen LogP contribution in [-0.2, 0) is 4.74 Å². The Morgan fingerprint density at radius 1 is 1.20 bits per heavy atom. The lowest BCUT2D eigenvalue weighted by molar-refractivity contribution is -0.242. The first-order chi connectivity index (χ1) is 4.61. The molecule has 10 heavy (non-hydrogen) atoms. The van der Waals surface area contributed by atoms with Gasteiger partial charge in [0.15, 0.2) is 0 Å². The molecule has 0 spiro atoms. The minimum Gasteiger partial charge on any atom is -0.372 e. The first kappa shape index (κ1) is 8.06. The summed E-state index contributed by atoms with van der Waals surface area (Å²) in [5.74, 6) is 0.789. The Hall–Kier alpha value is -0.0400. The molecule has 1 aliphatic rings. The highest BCUT2D eigenvalue weighted by atomic mass is 16.5. The Bertz CT molecular complexity index is 118. The van der Waals surface area contributed by atoms with E-state index >= 15 is 0 Å². The molecule has 0 aliphatic carbocycles. The minimum absolute atomic E-state index is 0.162. The Morgan fingerprint density at radius 2 is 1.80 bits per heavy atom. The molecule has 1 aliphatic heterocycles. The van der Waals surface area contributed by atoms with Crippen molar-refractivity contribution in [2.45, 2.75) is 52.2 Å². The topological polar surface area (TPSA) is 9.23 Å². The molecule has 1 heterocycles. The fourth-order valence-corrected chi connectivity index (χ4v) is 2.06. The van der Waals surface area contributed by atoms with E-state index in [2.05, 4.69) is 27.7 Å². The highest BCUT2D eigenvalue weighted by Crippen LogP contribution is 2.41. The lowest BCUT2D eigenvalue weighted by Gasteiger charge is -2.51. The second-order valence-electron chi connectivity index (χ2n) is 3.68. The van der Waals surface area contributed by atoms with Crippen molar-refractivity contribution in [3.05, 3.63) is 0 Å². The van der Waals surface area contributed by atoms with Gasteiger partial charge in [-0.05, 0) is 26.7 Å². The molecule has 2 atom stereocenters. The third-order valence-corrected chi connectivity index (χ3v) is 2.64. The molecule has 0 bridgehead atoms.